The Kier molecular flexibility index (Phi) is 6.02. The summed E-state index contributed by atoms with van der Waals surface area (Å²) in [4.78, 5) is 0. The summed E-state index contributed by atoms with van der Waals surface area (Å²) in [6.07, 6.45) is 2.27. The van der Waals surface area contributed by atoms with E-state index in [0.717, 1.165) is 51.3 Å². The molecule has 39 heavy (non-hydrogen) atoms. The minimum absolute atomic E-state index is 0.380. The van der Waals surface area contributed by atoms with E-state index in [2.05, 4.69) is 70.4 Å². The maximum atomic E-state index is 11.1. The fourth-order valence-electron chi connectivity index (χ4n) is 5.53. The molecule has 1 N–H and O–H groups in total. The van der Waals surface area contributed by atoms with Gasteiger partial charge in [-0.2, -0.15) is 5.26 Å². The molecular formula is C31H34B2N2O4. The van der Waals surface area contributed by atoms with Crippen molar-refractivity contribution in [3.63, 3.8) is 0 Å². The second-order valence-electron chi connectivity index (χ2n) is 12.5. The van der Waals surface area contributed by atoms with Crippen LogP contribution in [0.15, 0.2) is 60.7 Å². The summed E-state index contributed by atoms with van der Waals surface area (Å²) in [5.74, 6) is 0.483. The Morgan fingerprint density at radius 1 is 0.949 bits per heavy atom. The van der Waals surface area contributed by atoms with Crippen molar-refractivity contribution in [2.45, 2.75) is 71.2 Å². The molecule has 1 saturated heterocycles. The lowest BCUT2D eigenvalue weighted by molar-refractivity contribution is 0.00578. The standard InChI is InChI=1S/C31H34B2N2O4/c1-29(2,21-9-10-21)37-32(36)22-11-15-27-25(17-22)26-18-23(33-38-30(3,4)31(5,6)39-33)12-16-28(26)35(27)24-13-7-20(19-34)8-14-24/h7-8,11-18,21,36H,9-10H2,1-6H3. The van der Waals surface area contributed by atoms with Gasteiger partial charge in [0, 0.05) is 16.5 Å². The lowest BCUT2D eigenvalue weighted by Gasteiger charge is -2.32. The smallest absolute Gasteiger partial charge is 0.423 e. The molecule has 1 aliphatic carbocycles. The second kappa shape index (κ2) is 8.97. The Morgan fingerprint density at radius 3 is 2.13 bits per heavy atom. The van der Waals surface area contributed by atoms with Crippen molar-refractivity contribution in [2.24, 2.45) is 5.92 Å². The van der Waals surface area contributed by atoms with Crippen molar-refractivity contribution < 1.29 is 19.0 Å². The number of hydrogen-bond donors (Lipinski definition) is 1. The van der Waals surface area contributed by atoms with Gasteiger partial charge in [-0.3, -0.25) is 0 Å². The molecule has 2 heterocycles. The molecule has 2 fully saturated rings. The van der Waals surface area contributed by atoms with E-state index < -0.39 is 25.4 Å². The molecule has 198 valence electrons. The van der Waals surface area contributed by atoms with E-state index in [1.807, 2.05) is 42.5 Å². The zero-order chi connectivity index (χ0) is 27.7. The molecule has 1 aliphatic heterocycles. The van der Waals surface area contributed by atoms with Crippen LogP contribution < -0.4 is 10.9 Å². The third-order valence-corrected chi connectivity index (χ3v) is 8.85. The van der Waals surface area contributed by atoms with Crippen LogP contribution in [0.2, 0.25) is 0 Å². The van der Waals surface area contributed by atoms with Gasteiger partial charge in [-0.15, -0.1) is 0 Å². The Balaban J connectivity index is 1.49. The van der Waals surface area contributed by atoms with Crippen molar-refractivity contribution >= 4 is 47.0 Å². The first-order valence-electron chi connectivity index (χ1n) is 13.7. The molecular weight excluding hydrogens is 486 g/mol. The summed E-state index contributed by atoms with van der Waals surface area (Å²) in [6, 6.07) is 22.1. The molecule has 3 aromatic carbocycles. The van der Waals surface area contributed by atoms with Crippen molar-refractivity contribution in [3.8, 4) is 11.8 Å². The maximum absolute atomic E-state index is 11.1. The van der Waals surface area contributed by atoms with E-state index in [4.69, 9.17) is 14.0 Å². The molecule has 1 aromatic heterocycles. The van der Waals surface area contributed by atoms with Gasteiger partial charge in [0.1, 0.15) is 0 Å². The molecule has 6 rings (SSSR count). The third-order valence-electron chi connectivity index (χ3n) is 8.85. The van der Waals surface area contributed by atoms with Crippen LogP contribution in [0.4, 0.5) is 0 Å². The molecule has 4 aromatic rings. The molecule has 2 aliphatic rings. The number of nitriles is 1. The highest BCUT2D eigenvalue weighted by atomic mass is 16.7. The highest BCUT2D eigenvalue weighted by Gasteiger charge is 2.51. The van der Waals surface area contributed by atoms with Gasteiger partial charge in [0.15, 0.2) is 0 Å². The van der Waals surface area contributed by atoms with Gasteiger partial charge in [-0.1, -0.05) is 24.3 Å². The molecule has 0 amide bonds. The van der Waals surface area contributed by atoms with Gasteiger partial charge in [0.25, 0.3) is 0 Å². The SMILES string of the molecule is CC(C)(OB(O)c1ccc2c(c1)c1cc(B3OC(C)(C)C(C)(C)O3)ccc1n2-c1ccc(C#N)cc1)C1CC1. The van der Waals surface area contributed by atoms with Crippen LogP contribution >= 0.6 is 0 Å². The van der Waals surface area contributed by atoms with Crippen molar-refractivity contribution in [2.75, 3.05) is 0 Å². The lowest BCUT2D eigenvalue weighted by atomic mass is 9.76. The van der Waals surface area contributed by atoms with Crippen LogP contribution in [0.25, 0.3) is 27.5 Å². The van der Waals surface area contributed by atoms with E-state index in [-0.39, 0.29) is 5.60 Å². The average molecular weight is 520 g/mol. The first kappa shape index (κ1) is 26.2. The number of benzene rings is 3. The maximum Gasteiger partial charge on any atom is 0.494 e. The van der Waals surface area contributed by atoms with Gasteiger partial charge in [0.2, 0.25) is 0 Å². The van der Waals surface area contributed by atoms with Gasteiger partial charge in [0.05, 0.1) is 39.5 Å². The molecule has 0 bridgehead atoms. The fraction of sp³-hybridized carbons (Fsp3) is 0.387. The van der Waals surface area contributed by atoms with Gasteiger partial charge < -0.3 is 23.6 Å². The summed E-state index contributed by atoms with van der Waals surface area (Å²) >= 11 is 0. The topological polar surface area (TPSA) is 76.6 Å². The van der Waals surface area contributed by atoms with Crippen molar-refractivity contribution in [1.82, 2.24) is 4.57 Å². The highest BCUT2D eigenvalue weighted by Crippen LogP contribution is 2.42. The molecule has 0 unspecified atom stereocenters. The second-order valence-corrected chi connectivity index (χ2v) is 12.5. The van der Waals surface area contributed by atoms with E-state index in [1.54, 1.807) is 0 Å². The van der Waals surface area contributed by atoms with E-state index in [9.17, 15) is 10.3 Å². The predicted molar refractivity (Wildman–Crippen MR) is 157 cm³/mol. The summed E-state index contributed by atoms with van der Waals surface area (Å²) in [7, 11) is -1.51. The number of aromatic nitrogens is 1. The Morgan fingerprint density at radius 2 is 1.54 bits per heavy atom. The summed E-state index contributed by atoms with van der Waals surface area (Å²) in [5.41, 5.74) is 3.99. The van der Waals surface area contributed by atoms with E-state index >= 15 is 0 Å². The summed E-state index contributed by atoms with van der Waals surface area (Å²) < 4.78 is 21.0. The minimum atomic E-state index is -1.02. The highest BCUT2D eigenvalue weighted by molar-refractivity contribution is 6.62. The van der Waals surface area contributed by atoms with Crippen LogP contribution in [-0.2, 0) is 14.0 Å². The normalized spacial score (nSPS) is 18.6. The Bertz CT molecular complexity index is 1600. The quantitative estimate of drug-likeness (QED) is 0.368. The van der Waals surface area contributed by atoms with Gasteiger partial charge in [-0.05, 0) is 108 Å². The Hall–Kier alpha value is -3.08. The lowest BCUT2D eigenvalue weighted by Crippen LogP contribution is -2.42. The van der Waals surface area contributed by atoms with Crippen molar-refractivity contribution in [3.05, 3.63) is 66.2 Å². The first-order chi connectivity index (χ1) is 18.4. The number of fused-ring (bicyclic) bond motifs is 3. The first-order valence-corrected chi connectivity index (χ1v) is 13.7. The fourth-order valence-corrected chi connectivity index (χ4v) is 5.53. The van der Waals surface area contributed by atoms with Crippen LogP contribution in [0.3, 0.4) is 0 Å². The van der Waals surface area contributed by atoms with Crippen molar-refractivity contribution in [1.29, 1.82) is 5.26 Å². The zero-order valence-electron chi connectivity index (χ0n) is 23.5. The molecule has 0 radical (unpaired) electrons. The number of hydrogen-bond acceptors (Lipinski definition) is 5. The monoisotopic (exact) mass is 520 g/mol. The molecule has 1 saturated carbocycles. The predicted octanol–water partition coefficient (Wildman–Crippen LogP) is 4.85. The van der Waals surface area contributed by atoms with E-state index in [1.165, 1.54) is 0 Å². The van der Waals surface area contributed by atoms with Crippen LogP contribution in [0.1, 0.15) is 59.9 Å². The van der Waals surface area contributed by atoms with Crippen LogP contribution in [-0.4, -0.2) is 40.6 Å². The van der Waals surface area contributed by atoms with E-state index in [0.29, 0.717) is 11.5 Å². The molecule has 0 atom stereocenters. The largest absolute Gasteiger partial charge is 0.494 e. The number of rotatable bonds is 6. The van der Waals surface area contributed by atoms with Crippen LogP contribution in [0.5, 0.6) is 0 Å². The Labute approximate surface area is 230 Å². The van der Waals surface area contributed by atoms with Gasteiger partial charge in [-0.25, -0.2) is 0 Å². The third kappa shape index (κ3) is 4.48. The van der Waals surface area contributed by atoms with Gasteiger partial charge >= 0.3 is 14.2 Å². The summed E-state index contributed by atoms with van der Waals surface area (Å²) in [6.45, 7) is 12.3. The molecule has 8 heteroatoms. The minimum Gasteiger partial charge on any atom is -0.423 e. The average Bonchev–Trinajstić information content (AvgIpc) is 3.67. The molecule has 0 spiro atoms. The van der Waals surface area contributed by atoms with Crippen LogP contribution in [0, 0.1) is 17.2 Å². The number of nitrogens with zero attached hydrogens (tertiary/aromatic N) is 2. The molecule has 6 nitrogen and oxygen atoms in total. The zero-order valence-corrected chi connectivity index (χ0v) is 23.5. The summed E-state index contributed by atoms with van der Waals surface area (Å²) in [5, 5.41) is 22.4.